The normalized spacial score (nSPS) is 45.1. The van der Waals surface area contributed by atoms with E-state index in [0.717, 1.165) is 62.0 Å². The quantitative estimate of drug-likeness (QED) is 0.607. The Labute approximate surface area is 181 Å². The molecule has 4 heteroatoms. The number of allylic oxidation sites excluding steroid dienone is 1. The van der Waals surface area contributed by atoms with Crippen molar-refractivity contribution >= 4 is 0 Å². The number of aryl methyl sites for hydroxylation is 1. The number of hydrogen-bond donors (Lipinski definition) is 3. The fourth-order valence-electron chi connectivity index (χ4n) is 8.65. The maximum Gasteiger partial charge on any atom is 0.0656 e. The molecule has 8 atom stereocenters. The van der Waals surface area contributed by atoms with Crippen LogP contribution < -0.4 is 0 Å². The molecule has 3 saturated carbocycles. The summed E-state index contributed by atoms with van der Waals surface area (Å²) in [6.07, 6.45) is 15.0. The Morgan fingerprint density at radius 3 is 2.77 bits per heavy atom. The Morgan fingerprint density at radius 1 is 1.17 bits per heavy atom. The third kappa shape index (κ3) is 3.12. The van der Waals surface area contributed by atoms with E-state index >= 15 is 0 Å². The second-order valence-electron chi connectivity index (χ2n) is 11.8. The third-order valence-electron chi connectivity index (χ3n) is 10.3. The molecule has 4 aliphatic carbocycles. The van der Waals surface area contributed by atoms with Crippen LogP contribution in [0.5, 0.6) is 0 Å². The van der Waals surface area contributed by atoms with Crippen molar-refractivity contribution in [1.82, 2.24) is 10.2 Å². The molecule has 3 N–H and O–H groups in total. The lowest BCUT2D eigenvalue weighted by Gasteiger charge is -2.59. The van der Waals surface area contributed by atoms with Gasteiger partial charge in [-0.05, 0) is 112 Å². The molecular formula is C26H40N2O2. The number of aromatic nitrogens is 2. The Hall–Kier alpha value is -1.13. The molecule has 4 nitrogen and oxygen atoms in total. The highest BCUT2D eigenvalue weighted by molar-refractivity contribution is 5.25. The molecule has 166 valence electrons. The van der Waals surface area contributed by atoms with Crippen LogP contribution in [-0.4, -0.2) is 32.1 Å². The first kappa shape index (κ1) is 20.8. The average molecular weight is 413 g/mol. The van der Waals surface area contributed by atoms with E-state index < -0.39 is 5.60 Å². The summed E-state index contributed by atoms with van der Waals surface area (Å²) in [4.78, 5) is 0. The van der Waals surface area contributed by atoms with Gasteiger partial charge in [0, 0.05) is 11.9 Å². The number of hydrogen-bond acceptors (Lipinski definition) is 3. The van der Waals surface area contributed by atoms with Gasteiger partial charge < -0.3 is 10.2 Å². The first-order chi connectivity index (χ1) is 14.2. The number of nitrogens with zero attached hydrogens (tertiary/aromatic N) is 1. The fraction of sp³-hybridized carbons (Fsp3) is 0.808. The topological polar surface area (TPSA) is 69.1 Å². The predicted molar refractivity (Wildman–Crippen MR) is 119 cm³/mol. The molecule has 1 unspecified atom stereocenters. The lowest BCUT2D eigenvalue weighted by atomic mass is 9.46. The van der Waals surface area contributed by atoms with Gasteiger partial charge in [0.15, 0.2) is 0 Å². The molecule has 1 aromatic rings. The summed E-state index contributed by atoms with van der Waals surface area (Å²) in [5, 5.41) is 28.9. The van der Waals surface area contributed by atoms with Gasteiger partial charge in [0.1, 0.15) is 0 Å². The summed E-state index contributed by atoms with van der Waals surface area (Å²) in [5.41, 5.74) is 2.58. The number of aromatic amines is 1. The second kappa shape index (κ2) is 7.20. The van der Waals surface area contributed by atoms with E-state index in [2.05, 4.69) is 37.0 Å². The maximum absolute atomic E-state index is 11.6. The van der Waals surface area contributed by atoms with Crippen LogP contribution in [0.2, 0.25) is 0 Å². The molecule has 0 aromatic carbocycles. The van der Waals surface area contributed by atoms with Gasteiger partial charge >= 0.3 is 0 Å². The third-order valence-corrected chi connectivity index (χ3v) is 10.3. The molecule has 0 aliphatic heterocycles. The van der Waals surface area contributed by atoms with Crippen LogP contribution in [0.3, 0.4) is 0 Å². The largest absolute Gasteiger partial charge is 0.393 e. The van der Waals surface area contributed by atoms with Crippen molar-refractivity contribution in [3.63, 3.8) is 0 Å². The van der Waals surface area contributed by atoms with E-state index in [0.29, 0.717) is 11.3 Å². The zero-order chi connectivity index (χ0) is 21.1. The van der Waals surface area contributed by atoms with Gasteiger partial charge in [-0.2, -0.15) is 5.10 Å². The maximum atomic E-state index is 11.6. The smallest absolute Gasteiger partial charge is 0.0656 e. The van der Waals surface area contributed by atoms with Crippen LogP contribution >= 0.6 is 0 Å². The second-order valence-corrected chi connectivity index (χ2v) is 11.8. The summed E-state index contributed by atoms with van der Waals surface area (Å²) in [6, 6.07) is 2.02. The van der Waals surface area contributed by atoms with E-state index in [-0.39, 0.29) is 11.5 Å². The molecule has 1 aromatic heterocycles. The lowest BCUT2D eigenvalue weighted by molar-refractivity contribution is -0.104. The van der Waals surface area contributed by atoms with Gasteiger partial charge in [0.05, 0.1) is 11.7 Å². The van der Waals surface area contributed by atoms with Crippen molar-refractivity contribution in [1.29, 1.82) is 0 Å². The fourth-order valence-corrected chi connectivity index (χ4v) is 8.65. The molecule has 0 saturated heterocycles. The molecule has 1 heterocycles. The van der Waals surface area contributed by atoms with Crippen LogP contribution in [0.4, 0.5) is 0 Å². The summed E-state index contributed by atoms with van der Waals surface area (Å²) in [5.74, 6) is 2.62. The standard InChI is InChI=1S/C26H40N2O2/c1-24-12-9-19(29)16-17(24)4-5-20-21-6-7-23(25(21,2)13-10-22(20)24)26(3,30)14-8-18-11-15-27-28-18/h4,11,15,19-23,29-30H,5-10,12-14,16H2,1-3H3,(H,27,28)/t19-,20-,21-,22-,23-,24-,25-,26?/m0/s1. The highest BCUT2D eigenvalue weighted by atomic mass is 16.3. The van der Waals surface area contributed by atoms with Gasteiger partial charge in [-0.1, -0.05) is 25.5 Å². The number of nitrogens with one attached hydrogen (secondary N) is 1. The Bertz CT molecular complexity index is 800. The van der Waals surface area contributed by atoms with Crippen LogP contribution in [-0.2, 0) is 6.42 Å². The first-order valence-electron chi connectivity index (χ1n) is 12.3. The molecule has 0 bridgehead atoms. The minimum absolute atomic E-state index is 0.129. The van der Waals surface area contributed by atoms with Gasteiger partial charge in [-0.25, -0.2) is 0 Å². The van der Waals surface area contributed by atoms with Gasteiger partial charge in [-0.15, -0.1) is 0 Å². The Balaban J connectivity index is 1.36. The van der Waals surface area contributed by atoms with Crippen LogP contribution in [0, 0.1) is 34.5 Å². The number of aliphatic hydroxyl groups excluding tert-OH is 1. The van der Waals surface area contributed by atoms with Crippen molar-refractivity contribution in [2.75, 3.05) is 0 Å². The number of H-pyrrole nitrogens is 1. The highest BCUT2D eigenvalue weighted by Crippen LogP contribution is 2.67. The number of fused-ring (bicyclic) bond motifs is 5. The van der Waals surface area contributed by atoms with Crippen molar-refractivity contribution in [3.05, 3.63) is 29.6 Å². The predicted octanol–water partition coefficient (Wildman–Crippen LogP) is 5.03. The number of aliphatic hydroxyl groups is 2. The van der Waals surface area contributed by atoms with Crippen molar-refractivity contribution in [3.8, 4) is 0 Å². The molecule has 30 heavy (non-hydrogen) atoms. The van der Waals surface area contributed by atoms with Gasteiger partial charge in [0.2, 0.25) is 0 Å². The number of rotatable bonds is 4. The Morgan fingerprint density at radius 2 is 2.00 bits per heavy atom. The molecular weight excluding hydrogens is 372 g/mol. The van der Waals surface area contributed by atoms with E-state index in [9.17, 15) is 10.2 Å². The lowest BCUT2D eigenvalue weighted by Crippen LogP contribution is -2.53. The minimum atomic E-state index is -0.629. The summed E-state index contributed by atoms with van der Waals surface area (Å²) in [6.45, 7) is 7.09. The zero-order valence-corrected chi connectivity index (χ0v) is 19.0. The van der Waals surface area contributed by atoms with Crippen molar-refractivity contribution in [2.24, 2.45) is 34.5 Å². The van der Waals surface area contributed by atoms with Crippen LogP contribution in [0.1, 0.15) is 84.3 Å². The minimum Gasteiger partial charge on any atom is -0.393 e. The summed E-state index contributed by atoms with van der Waals surface area (Å²) >= 11 is 0. The van der Waals surface area contributed by atoms with E-state index in [4.69, 9.17) is 0 Å². The molecule has 3 fully saturated rings. The SMILES string of the molecule is CC(O)(CCc1ccn[nH]1)[C@H]1CC[C@H]2[C@@H]3CC=C4C[C@@H](O)CC[C@]4(C)[C@H]3CC[C@]12C. The zero-order valence-electron chi connectivity index (χ0n) is 19.0. The van der Waals surface area contributed by atoms with Crippen LogP contribution in [0.25, 0.3) is 0 Å². The van der Waals surface area contributed by atoms with Gasteiger partial charge in [-0.3, -0.25) is 5.10 Å². The molecule has 4 aliphatic rings. The molecule has 5 rings (SSSR count). The highest BCUT2D eigenvalue weighted by Gasteiger charge is 2.61. The molecule has 0 amide bonds. The van der Waals surface area contributed by atoms with E-state index in [1.807, 2.05) is 6.07 Å². The van der Waals surface area contributed by atoms with Crippen LogP contribution in [0.15, 0.2) is 23.9 Å². The van der Waals surface area contributed by atoms with E-state index in [1.54, 1.807) is 11.8 Å². The van der Waals surface area contributed by atoms with Crippen molar-refractivity contribution < 1.29 is 10.2 Å². The first-order valence-corrected chi connectivity index (χ1v) is 12.3. The Kier molecular flexibility index (Phi) is 4.98. The van der Waals surface area contributed by atoms with Gasteiger partial charge in [0.25, 0.3) is 0 Å². The summed E-state index contributed by atoms with van der Waals surface area (Å²) < 4.78 is 0. The molecule has 0 radical (unpaired) electrons. The van der Waals surface area contributed by atoms with E-state index in [1.165, 1.54) is 25.7 Å². The monoisotopic (exact) mass is 412 g/mol. The summed E-state index contributed by atoms with van der Waals surface area (Å²) in [7, 11) is 0. The average Bonchev–Trinajstić information content (AvgIpc) is 3.34. The van der Waals surface area contributed by atoms with Crippen molar-refractivity contribution in [2.45, 2.75) is 96.7 Å². The molecule has 0 spiro atoms.